The topological polar surface area (TPSA) is 51.5 Å². The van der Waals surface area contributed by atoms with Crippen LogP contribution in [0.15, 0.2) is 157 Å². The van der Waals surface area contributed by atoms with Crippen LogP contribution < -0.4 is 5.73 Å². The second-order valence-corrected chi connectivity index (χ2v) is 10.3. The molecule has 4 N–H and O–H groups in total. The van der Waals surface area contributed by atoms with E-state index in [2.05, 4.69) is 127 Å². The third-order valence-corrected chi connectivity index (χ3v) is 7.79. The highest BCUT2D eigenvalue weighted by Gasteiger charge is 2.18. The first kappa shape index (κ1) is 26.9. The molecule has 0 heterocycles. The molecular weight excluding hydrogens is 508 g/mol. The zero-order valence-electron chi connectivity index (χ0n) is 23.7. The molecule has 0 aliphatic heterocycles. The van der Waals surface area contributed by atoms with Crippen LogP contribution in [-0.4, -0.2) is 6.21 Å². The molecule has 0 amide bonds. The van der Waals surface area contributed by atoms with Crippen LogP contribution in [0.5, 0.6) is 0 Å². The summed E-state index contributed by atoms with van der Waals surface area (Å²) >= 11 is 0. The fraction of sp³-hybridized carbons (Fsp3) is 0.0250. The summed E-state index contributed by atoms with van der Waals surface area (Å²) in [5.41, 5.74) is 12.1. The third-order valence-electron chi connectivity index (χ3n) is 7.79. The van der Waals surface area contributed by atoms with Gasteiger partial charge in [-0.3, -0.25) is 0 Å². The van der Waals surface area contributed by atoms with Crippen molar-refractivity contribution in [2.24, 2.45) is 0 Å². The Morgan fingerprint density at radius 1 is 0.595 bits per heavy atom. The van der Waals surface area contributed by atoms with Gasteiger partial charge in [0.25, 0.3) is 0 Å². The molecule has 6 aromatic rings. The average molecular weight is 542 g/mol. The minimum absolute atomic E-state index is 0.866. The Morgan fingerprint density at radius 3 is 1.74 bits per heavy atom. The number of allylic oxidation sites excluding steroid dienone is 5. The van der Waals surface area contributed by atoms with E-state index >= 15 is 0 Å². The molecule has 202 valence electrons. The smallest absolute Gasteiger partial charge is 0.135 e. The minimum Gasteiger partial charge on any atom is -0.325 e. The maximum absolute atomic E-state index is 7.63. The van der Waals surface area contributed by atoms with Gasteiger partial charge in [-0.2, -0.15) is 0 Å². The fourth-order valence-electron chi connectivity index (χ4n) is 5.87. The van der Waals surface area contributed by atoms with Gasteiger partial charge in [-0.1, -0.05) is 133 Å². The first-order valence-corrected chi connectivity index (χ1v) is 14.3. The molecular formula is C40H33N2+. The molecule has 0 aliphatic rings. The molecule has 0 saturated carbocycles. The zero-order chi connectivity index (χ0) is 28.9. The highest BCUT2D eigenvalue weighted by Crippen LogP contribution is 2.45. The van der Waals surface area contributed by atoms with Gasteiger partial charge in [0.15, 0.2) is 0 Å². The van der Waals surface area contributed by atoms with Crippen molar-refractivity contribution >= 4 is 44.6 Å². The lowest BCUT2D eigenvalue weighted by molar-refractivity contribution is -0.296. The molecule has 0 aromatic heterocycles. The first-order chi connectivity index (χ1) is 20.7. The molecule has 6 rings (SSSR count). The van der Waals surface area contributed by atoms with Crippen LogP contribution in [0.3, 0.4) is 0 Å². The maximum atomic E-state index is 7.63. The molecule has 0 saturated heterocycles. The summed E-state index contributed by atoms with van der Waals surface area (Å²) in [6, 6.07) is 41.4. The van der Waals surface area contributed by atoms with Crippen molar-refractivity contribution in [2.45, 2.75) is 6.92 Å². The predicted molar refractivity (Wildman–Crippen MR) is 182 cm³/mol. The molecule has 0 fully saturated rings. The maximum Gasteiger partial charge on any atom is 0.135 e. The van der Waals surface area contributed by atoms with E-state index in [1.165, 1.54) is 60.8 Å². The van der Waals surface area contributed by atoms with Crippen LogP contribution in [0.2, 0.25) is 0 Å². The van der Waals surface area contributed by atoms with Gasteiger partial charge in [-0.25, -0.2) is 0 Å². The number of quaternary nitrogens is 1. The molecule has 0 spiro atoms. The Kier molecular flexibility index (Phi) is 7.72. The summed E-state index contributed by atoms with van der Waals surface area (Å²) in [6.07, 6.45) is 13.2. The Labute approximate surface area is 247 Å². The van der Waals surface area contributed by atoms with Gasteiger partial charge in [0.2, 0.25) is 0 Å². The molecule has 0 radical (unpaired) electrons. The number of fused-ring (bicyclic) bond motifs is 3. The Bertz CT molecular complexity index is 2000. The summed E-state index contributed by atoms with van der Waals surface area (Å²) in [7, 11) is 0. The molecule has 2 nitrogen and oxygen atoms in total. The molecule has 0 unspecified atom stereocenters. The summed E-state index contributed by atoms with van der Waals surface area (Å²) in [4.78, 5) is 0. The molecule has 6 aromatic carbocycles. The van der Waals surface area contributed by atoms with Crippen molar-refractivity contribution in [3.05, 3.63) is 162 Å². The van der Waals surface area contributed by atoms with E-state index in [1.54, 1.807) is 6.08 Å². The van der Waals surface area contributed by atoms with Gasteiger partial charge in [-0.15, -0.1) is 0 Å². The van der Waals surface area contributed by atoms with E-state index in [0.717, 1.165) is 16.8 Å². The van der Waals surface area contributed by atoms with E-state index in [-0.39, 0.29) is 0 Å². The van der Waals surface area contributed by atoms with Gasteiger partial charge in [0.1, 0.15) is 5.70 Å². The van der Waals surface area contributed by atoms with Gasteiger partial charge < -0.3 is 11.1 Å². The minimum atomic E-state index is 0.866. The van der Waals surface area contributed by atoms with E-state index in [9.17, 15) is 0 Å². The van der Waals surface area contributed by atoms with Crippen LogP contribution in [0.4, 0.5) is 0 Å². The second kappa shape index (κ2) is 12.1. The number of hydrogen-bond donors (Lipinski definition) is 2. The normalized spacial score (nSPS) is 12.7. The summed E-state index contributed by atoms with van der Waals surface area (Å²) in [5.74, 6) is 0. The van der Waals surface area contributed by atoms with Crippen molar-refractivity contribution in [1.29, 1.82) is 5.41 Å². The standard InChI is InChI=1S/C40H32N2/c1-2-3-21-38(42)29(26-27-41)23-22-28-24-25-37(32-16-8-7-15-31(28)32)40-35-19-11-9-17-33(35)39(30-13-5-4-6-14-30)34-18-10-12-20-36(34)40/h2-27,41H,42H2,1H3/p+1/b3-2-,23-22+,29-26+,38-21-,41-27?. The molecule has 0 atom stereocenters. The highest BCUT2D eigenvalue weighted by molar-refractivity contribution is 6.23. The van der Waals surface area contributed by atoms with Gasteiger partial charge in [0.05, 0.1) is 0 Å². The zero-order valence-corrected chi connectivity index (χ0v) is 23.7. The van der Waals surface area contributed by atoms with Crippen molar-refractivity contribution in [3.8, 4) is 22.3 Å². The van der Waals surface area contributed by atoms with Crippen molar-refractivity contribution in [3.63, 3.8) is 0 Å². The van der Waals surface area contributed by atoms with Gasteiger partial charge >= 0.3 is 0 Å². The Morgan fingerprint density at radius 2 is 1.14 bits per heavy atom. The van der Waals surface area contributed by atoms with Crippen molar-refractivity contribution in [2.75, 3.05) is 0 Å². The Hall–Kier alpha value is -5.31. The molecule has 0 bridgehead atoms. The Balaban J connectivity index is 1.60. The summed E-state index contributed by atoms with van der Waals surface area (Å²) in [6.45, 7) is 1.98. The monoisotopic (exact) mass is 541 g/mol. The number of rotatable bonds is 7. The van der Waals surface area contributed by atoms with Crippen LogP contribution >= 0.6 is 0 Å². The van der Waals surface area contributed by atoms with E-state index in [0.29, 0.717) is 0 Å². The third kappa shape index (κ3) is 5.01. The average Bonchev–Trinajstić information content (AvgIpc) is 3.04. The van der Waals surface area contributed by atoms with E-state index in [1.807, 2.05) is 31.2 Å². The molecule has 0 aliphatic carbocycles. The SMILES string of the molecule is C\C=C/C=C([NH3+])/C(/C=C/c1ccc(-c2c3ccccc3c(-c3ccccc3)c3ccccc23)c2ccccc12)=C/C=N. The summed E-state index contributed by atoms with van der Waals surface area (Å²) in [5, 5.41) is 15.0. The predicted octanol–water partition coefficient (Wildman–Crippen LogP) is 9.77. The van der Waals surface area contributed by atoms with E-state index in [4.69, 9.17) is 5.41 Å². The highest BCUT2D eigenvalue weighted by atomic mass is 14.6. The largest absolute Gasteiger partial charge is 0.325 e. The lowest BCUT2D eigenvalue weighted by atomic mass is 9.84. The molecule has 2 heteroatoms. The number of nitrogens with one attached hydrogen (secondary N) is 1. The van der Waals surface area contributed by atoms with Gasteiger partial charge in [0, 0.05) is 11.8 Å². The van der Waals surface area contributed by atoms with Crippen molar-refractivity contribution in [1.82, 2.24) is 0 Å². The van der Waals surface area contributed by atoms with Crippen LogP contribution in [0.25, 0.3) is 60.6 Å². The van der Waals surface area contributed by atoms with Crippen LogP contribution in [-0.2, 0) is 0 Å². The quantitative estimate of drug-likeness (QED) is 0.115. The van der Waals surface area contributed by atoms with Crippen molar-refractivity contribution < 1.29 is 5.73 Å². The molecule has 42 heavy (non-hydrogen) atoms. The first-order valence-electron chi connectivity index (χ1n) is 14.3. The second-order valence-electron chi connectivity index (χ2n) is 10.3. The summed E-state index contributed by atoms with van der Waals surface area (Å²) < 4.78 is 0. The fourth-order valence-corrected chi connectivity index (χ4v) is 5.87. The lowest BCUT2D eigenvalue weighted by Gasteiger charge is -2.19. The number of hydrogen-bond acceptors (Lipinski definition) is 1. The lowest BCUT2D eigenvalue weighted by Crippen LogP contribution is -2.48. The van der Waals surface area contributed by atoms with E-state index < -0.39 is 0 Å². The number of benzene rings is 6. The van der Waals surface area contributed by atoms with Gasteiger partial charge in [-0.05, 0) is 85.3 Å². The van der Waals surface area contributed by atoms with Crippen LogP contribution in [0, 0.1) is 5.41 Å². The van der Waals surface area contributed by atoms with Crippen LogP contribution in [0.1, 0.15) is 12.5 Å².